The van der Waals surface area contributed by atoms with Crippen LogP contribution in [0.4, 0.5) is 0 Å². The molecular formula is C26H35N3O4S. The first-order chi connectivity index (χ1) is 16.2. The number of rotatable bonds is 10. The lowest BCUT2D eigenvalue weighted by Gasteiger charge is -2.37. The van der Waals surface area contributed by atoms with Crippen LogP contribution >= 0.6 is 0 Å². The van der Waals surface area contributed by atoms with Crippen LogP contribution in [0.1, 0.15) is 39.2 Å². The van der Waals surface area contributed by atoms with E-state index in [0.29, 0.717) is 31.2 Å². The van der Waals surface area contributed by atoms with Gasteiger partial charge in [-0.1, -0.05) is 31.6 Å². The Hall–Kier alpha value is -2.71. The van der Waals surface area contributed by atoms with Gasteiger partial charge in [0.05, 0.1) is 12.0 Å². The topological polar surface area (TPSA) is 97.4 Å². The number of ether oxygens (including phenoxy) is 1. The van der Waals surface area contributed by atoms with Crippen molar-refractivity contribution in [3.63, 3.8) is 0 Å². The second kappa shape index (κ2) is 11.6. The van der Waals surface area contributed by atoms with Crippen LogP contribution in [0.15, 0.2) is 65.3 Å². The van der Waals surface area contributed by atoms with Crippen LogP contribution in [0.25, 0.3) is 0 Å². The van der Waals surface area contributed by atoms with E-state index in [1.807, 2.05) is 19.1 Å². The highest BCUT2D eigenvalue weighted by Gasteiger charge is 2.33. The summed E-state index contributed by atoms with van der Waals surface area (Å²) in [5.74, 6) is 1.49. The predicted molar refractivity (Wildman–Crippen MR) is 133 cm³/mol. The van der Waals surface area contributed by atoms with Gasteiger partial charge in [-0.25, -0.2) is 13.1 Å². The van der Waals surface area contributed by atoms with Gasteiger partial charge in [0.15, 0.2) is 0 Å². The van der Waals surface area contributed by atoms with Gasteiger partial charge in [-0.15, -0.1) is 0 Å². The Morgan fingerprint density at radius 3 is 2.56 bits per heavy atom. The Bertz CT molecular complexity index is 1080. The summed E-state index contributed by atoms with van der Waals surface area (Å²) in [5, 5.41) is 2.99. The molecule has 0 radical (unpaired) electrons. The largest absolute Gasteiger partial charge is 0.497 e. The predicted octanol–water partition coefficient (Wildman–Crippen LogP) is 3.93. The zero-order valence-electron chi connectivity index (χ0n) is 20.3. The van der Waals surface area contributed by atoms with Crippen molar-refractivity contribution in [3.8, 4) is 5.75 Å². The molecule has 1 amide bonds. The van der Waals surface area contributed by atoms with Crippen molar-refractivity contribution in [2.24, 2.45) is 23.7 Å². The van der Waals surface area contributed by atoms with Crippen LogP contribution in [0.5, 0.6) is 5.75 Å². The van der Waals surface area contributed by atoms with E-state index in [-0.39, 0.29) is 28.6 Å². The molecule has 2 N–H and O–H groups in total. The van der Waals surface area contributed by atoms with E-state index < -0.39 is 10.0 Å². The minimum absolute atomic E-state index is 0.0165. The molecule has 1 aromatic carbocycles. The van der Waals surface area contributed by atoms with Crippen molar-refractivity contribution < 1.29 is 17.9 Å². The number of allylic oxidation sites excluding steroid dienone is 1. The fourth-order valence-corrected chi connectivity index (χ4v) is 5.62. The number of nitrogens with one attached hydrogen (secondary N) is 2. The lowest BCUT2D eigenvalue weighted by atomic mass is 9.70. The van der Waals surface area contributed by atoms with E-state index in [9.17, 15) is 13.2 Å². The van der Waals surface area contributed by atoms with Crippen molar-refractivity contribution in [1.82, 2.24) is 15.0 Å². The number of carbonyl (C=O) groups is 1. The fourth-order valence-electron chi connectivity index (χ4n) is 4.55. The summed E-state index contributed by atoms with van der Waals surface area (Å²) in [6.07, 6.45) is 6.90. The van der Waals surface area contributed by atoms with Crippen LogP contribution in [-0.2, 0) is 21.4 Å². The summed E-state index contributed by atoms with van der Waals surface area (Å²) >= 11 is 0. The first-order valence-corrected chi connectivity index (χ1v) is 13.2. The van der Waals surface area contributed by atoms with Crippen molar-refractivity contribution in [2.45, 2.75) is 45.1 Å². The van der Waals surface area contributed by atoms with Gasteiger partial charge in [0.25, 0.3) is 0 Å². The zero-order valence-corrected chi connectivity index (χ0v) is 21.1. The van der Waals surface area contributed by atoms with Crippen LogP contribution in [-0.4, -0.2) is 33.0 Å². The van der Waals surface area contributed by atoms with Gasteiger partial charge in [0.1, 0.15) is 5.75 Å². The Morgan fingerprint density at radius 1 is 1.21 bits per heavy atom. The maximum atomic E-state index is 12.8. The minimum atomic E-state index is -3.62. The van der Waals surface area contributed by atoms with Gasteiger partial charge in [-0.2, -0.15) is 0 Å². The molecule has 1 aliphatic rings. The Labute approximate surface area is 203 Å². The number of hydrogen-bond donors (Lipinski definition) is 2. The monoisotopic (exact) mass is 485 g/mol. The standard InChI is InChI=1S/C26H35N3O4S/c1-18(2)25-13-21(14-26(30)28-16-20-6-5-11-27-15-20)19(3)12-22(25)17-29-34(31,32)24-9-7-23(33-4)8-10-24/h5-12,15,18,21-22,25,29H,13-14,16-17H2,1-4H3,(H,28,30). The average Bonchev–Trinajstić information content (AvgIpc) is 2.83. The Morgan fingerprint density at radius 2 is 1.94 bits per heavy atom. The molecule has 0 saturated carbocycles. The minimum Gasteiger partial charge on any atom is -0.497 e. The van der Waals surface area contributed by atoms with Crippen molar-refractivity contribution in [3.05, 3.63) is 66.0 Å². The number of hydrogen-bond acceptors (Lipinski definition) is 5. The number of methoxy groups -OCH3 is 1. The van der Waals surface area contributed by atoms with Gasteiger partial charge < -0.3 is 10.1 Å². The third-order valence-electron chi connectivity index (χ3n) is 6.61. The maximum Gasteiger partial charge on any atom is 0.240 e. The molecule has 1 heterocycles. The molecule has 34 heavy (non-hydrogen) atoms. The molecule has 1 aromatic heterocycles. The van der Waals surface area contributed by atoms with E-state index in [0.717, 1.165) is 17.6 Å². The summed E-state index contributed by atoms with van der Waals surface area (Å²) in [7, 11) is -2.08. The zero-order chi connectivity index (χ0) is 24.7. The molecule has 2 aromatic rings. The number of carbonyl (C=O) groups excluding carboxylic acids is 1. The Balaban J connectivity index is 1.62. The highest BCUT2D eigenvalue weighted by molar-refractivity contribution is 7.89. The summed E-state index contributed by atoms with van der Waals surface area (Å²) in [6, 6.07) is 10.2. The summed E-state index contributed by atoms with van der Waals surface area (Å²) < 4.78 is 33.5. The van der Waals surface area contributed by atoms with Crippen LogP contribution in [0.2, 0.25) is 0 Å². The van der Waals surface area contributed by atoms with Crippen molar-refractivity contribution in [1.29, 1.82) is 0 Å². The SMILES string of the molecule is COc1ccc(S(=O)(=O)NCC2C=C(C)C(CC(=O)NCc3cccnc3)CC2C(C)C)cc1. The lowest BCUT2D eigenvalue weighted by Crippen LogP contribution is -2.37. The van der Waals surface area contributed by atoms with Gasteiger partial charge in [0, 0.05) is 31.9 Å². The molecule has 0 saturated heterocycles. The molecule has 0 aliphatic heterocycles. The molecule has 8 heteroatoms. The summed E-state index contributed by atoms with van der Waals surface area (Å²) in [4.78, 5) is 16.9. The van der Waals surface area contributed by atoms with E-state index in [1.165, 1.54) is 0 Å². The molecular weight excluding hydrogens is 450 g/mol. The maximum absolute atomic E-state index is 12.8. The number of aromatic nitrogens is 1. The molecule has 3 atom stereocenters. The van der Waals surface area contributed by atoms with Gasteiger partial charge in [-0.3, -0.25) is 9.78 Å². The number of nitrogens with zero attached hydrogens (tertiary/aromatic N) is 1. The van der Waals surface area contributed by atoms with Crippen LogP contribution < -0.4 is 14.8 Å². The van der Waals surface area contributed by atoms with E-state index in [1.54, 1.807) is 43.8 Å². The van der Waals surface area contributed by atoms with E-state index >= 15 is 0 Å². The highest BCUT2D eigenvalue weighted by Crippen LogP contribution is 2.38. The molecule has 1 aliphatic carbocycles. The molecule has 0 fully saturated rings. The summed E-state index contributed by atoms with van der Waals surface area (Å²) in [5.41, 5.74) is 2.11. The van der Waals surface area contributed by atoms with Gasteiger partial charge >= 0.3 is 0 Å². The molecule has 3 unspecified atom stereocenters. The van der Waals surface area contributed by atoms with Gasteiger partial charge in [-0.05, 0) is 72.9 Å². The van der Waals surface area contributed by atoms with Crippen molar-refractivity contribution in [2.75, 3.05) is 13.7 Å². The van der Waals surface area contributed by atoms with E-state index in [2.05, 4.69) is 34.9 Å². The number of amides is 1. The number of benzene rings is 1. The second-order valence-corrected chi connectivity index (χ2v) is 11.1. The first kappa shape index (κ1) is 25.9. The lowest BCUT2D eigenvalue weighted by molar-refractivity contribution is -0.122. The van der Waals surface area contributed by atoms with E-state index in [4.69, 9.17) is 4.74 Å². The Kier molecular flexibility index (Phi) is 8.85. The first-order valence-electron chi connectivity index (χ1n) is 11.7. The fraction of sp³-hybridized carbons (Fsp3) is 0.462. The van der Waals surface area contributed by atoms with Crippen molar-refractivity contribution >= 4 is 15.9 Å². The number of pyridine rings is 1. The van der Waals surface area contributed by atoms with Crippen LogP contribution in [0, 0.1) is 23.7 Å². The number of sulfonamides is 1. The average molecular weight is 486 g/mol. The quantitative estimate of drug-likeness (QED) is 0.497. The highest BCUT2D eigenvalue weighted by atomic mass is 32.2. The molecule has 184 valence electrons. The normalized spacial score (nSPS) is 20.6. The molecule has 7 nitrogen and oxygen atoms in total. The third kappa shape index (κ3) is 6.90. The molecule has 0 bridgehead atoms. The molecule has 0 spiro atoms. The smallest absolute Gasteiger partial charge is 0.240 e. The van der Waals surface area contributed by atoms with Crippen LogP contribution in [0.3, 0.4) is 0 Å². The molecule has 3 rings (SSSR count). The second-order valence-electron chi connectivity index (χ2n) is 9.28. The van der Waals surface area contributed by atoms with Gasteiger partial charge in [0.2, 0.25) is 15.9 Å². The third-order valence-corrected chi connectivity index (χ3v) is 8.05. The summed E-state index contributed by atoms with van der Waals surface area (Å²) in [6.45, 7) is 7.15.